The van der Waals surface area contributed by atoms with E-state index in [0.717, 1.165) is 29.2 Å². The van der Waals surface area contributed by atoms with Crippen LogP contribution >= 0.6 is 0 Å². The molecule has 1 saturated heterocycles. The van der Waals surface area contributed by atoms with Crippen molar-refractivity contribution in [2.75, 3.05) is 33.1 Å². The Morgan fingerprint density at radius 1 is 1.15 bits per heavy atom. The summed E-state index contributed by atoms with van der Waals surface area (Å²) in [6.07, 6.45) is 0.721. The Balaban J connectivity index is 1.64. The predicted octanol–water partition coefficient (Wildman–Crippen LogP) is 3.02. The van der Waals surface area contributed by atoms with Gasteiger partial charge in [0.15, 0.2) is 11.5 Å². The lowest BCUT2D eigenvalue weighted by Crippen LogP contribution is -2.46. The zero-order chi connectivity index (χ0) is 18.3. The Hall–Kier alpha value is -2.28. The van der Waals surface area contributed by atoms with E-state index in [1.54, 1.807) is 5.01 Å². The summed E-state index contributed by atoms with van der Waals surface area (Å²) in [5, 5.41) is 6.37. The third-order valence-electron chi connectivity index (χ3n) is 5.04. The van der Waals surface area contributed by atoms with Crippen LogP contribution in [0, 0.1) is 5.41 Å². The molecular weight excluding hydrogens is 334 g/mol. The number of nitrogens with zero attached hydrogens (tertiary/aromatic N) is 3. The lowest BCUT2D eigenvalue weighted by atomic mass is 9.86. The van der Waals surface area contributed by atoms with Crippen LogP contribution in [0.4, 0.5) is 4.79 Å². The number of benzene rings is 1. The van der Waals surface area contributed by atoms with Gasteiger partial charge in [-0.1, -0.05) is 26.8 Å². The molecule has 3 heterocycles. The van der Waals surface area contributed by atoms with Gasteiger partial charge < -0.3 is 19.1 Å². The summed E-state index contributed by atoms with van der Waals surface area (Å²) in [4.78, 5) is 14.9. The van der Waals surface area contributed by atoms with E-state index < -0.39 is 0 Å². The first-order valence-electron chi connectivity index (χ1n) is 9.07. The highest BCUT2D eigenvalue weighted by molar-refractivity contribution is 5.93. The normalized spacial score (nSPS) is 22.6. The molecule has 1 fully saturated rings. The fourth-order valence-corrected chi connectivity index (χ4v) is 3.42. The Kier molecular flexibility index (Phi) is 4.26. The number of morpholine rings is 1. The van der Waals surface area contributed by atoms with Crippen LogP contribution in [0.25, 0.3) is 0 Å². The molecule has 0 bridgehead atoms. The van der Waals surface area contributed by atoms with Crippen LogP contribution in [-0.4, -0.2) is 54.7 Å². The van der Waals surface area contributed by atoms with E-state index in [1.807, 2.05) is 23.1 Å². The average molecular weight is 359 g/mol. The van der Waals surface area contributed by atoms with Gasteiger partial charge in [-0.3, -0.25) is 0 Å². The first-order valence-corrected chi connectivity index (χ1v) is 9.07. The molecule has 1 atom stereocenters. The summed E-state index contributed by atoms with van der Waals surface area (Å²) < 4.78 is 16.3. The van der Waals surface area contributed by atoms with Crippen LogP contribution < -0.4 is 9.47 Å². The maximum atomic E-state index is 13.1. The Morgan fingerprint density at radius 2 is 1.88 bits per heavy atom. The Morgan fingerprint density at radius 3 is 2.62 bits per heavy atom. The van der Waals surface area contributed by atoms with Crippen LogP contribution in [-0.2, 0) is 4.74 Å². The van der Waals surface area contributed by atoms with Gasteiger partial charge in [-0.05, 0) is 17.7 Å². The number of hydrogen-bond acceptors (Lipinski definition) is 5. The van der Waals surface area contributed by atoms with Gasteiger partial charge >= 0.3 is 6.03 Å². The maximum Gasteiger partial charge on any atom is 0.341 e. The summed E-state index contributed by atoms with van der Waals surface area (Å²) >= 11 is 0. The molecule has 7 heteroatoms. The third-order valence-corrected chi connectivity index (χ3v) is 5.04. The summed E-state index contributed by atoms with van der Waals surface area (Å²) in [6.45, 7) is 8.98. The molecule has 26 heavy (non-hydrogen) atoms. The largest absolute Gasteiger partial charge is 0.454 e. The van der Waals surface area contributed by atoms with Crippen LogP contribution in [0.5, 0.6) is 11.5 Å². The van der Waals surface area contributed by atoms with Crippen LogP contribution in [0.2, 0.25) is 0 Å². The fourth-order valence-electron chi connectivity index (χ4n) is 3.42. The fraction of sp³-hybridized carbons (Fsp3) is 0.579. The first-order chi connectivity index (χ1) is 12.4. The van der Waals surface area contributed by atoms with Crippen molar-refractivity contribution in [1.82, 2.24) is 9.91 Å². The van der Waals surface area contributed by atoms with Gasteiger partial charge in [0.25, 0.3) is 0 Å². The van der Waals surface area contributed by atoms with Crippen molar-refractivity contribution in [3.63, 3.8) is 0 Å². The van der Waals surface area contributed by atoms with Crippen LogP contribution in [0.1, 0.15) is 38.8 Å². The molecule has 0 spiro atoms. The number of hydrazone groups is 1. The molecule has 1 aromatic carbocycles. The third kappa shape index (κ3) is 3.11. The van der Waals surface area contributed by atoms with E-state index in [2.05, 4.69) is 20.8 Å². The molecule has 4 rings (SSSR count). The number of rotatable bonds is 1. The van der Waals surface area contributed by atoms with E-state index >= 15 is 0 Å². The summed E-state index contributed by atoms with van der Waals surface area (Å²) in [5.41, 5.74) is 1.95. The van der Waals surface area contributed by atoms with Gasteiger partial charge in [0.05, 0.1) is 19.3 Å². The monoisotopic (exact) mass is 359 g/mol. The van der Waals surface area contributed by atoms with Gasteiger partial charge in [0, 0.05) is 30.6 Å². The van der Waals surface area contributed by atoms with Crippen molar-refractivity contribution in [1.29, 1.82) is 0 Å². The number of carbonyl (C=O) groups excluding carboxylic acids is 1. The van der Waals surface area contributed by atoms with E-state index in [0.29, 0.717) is 26.3 Å². The van der Waals surface area contributed by atoms with Gasteiger partial charge in [-0.25, -0.2) is 9.80 Å². The van der Waals surface area contributed by atoms with Crippen molar-refractivity contribution < 1.29 is 19.0 Å². The van der Waals surface area contributed by atoms with Gasteiger partial charge in [0.2, 0.25) is 6.79 Å². The zero-order valence-corrected chi connectivity index (χ0v) is 15.5. The minimum absolute atomic E-state index is 0.0600. The lowest BCUT2D eigenvalue weighted by Gasteiger charge is -2.32. The SMILES string of the molecule is CC(C)(C)C1=NN(C(=O)N2CCOCC2)C(c2ccc3c(c2)OCO3)C1. The molecule has 3 aliphatic rings. The maximum absolute atomic E-state index is 13.1. The number of urea groups is 1. The average Bonchev–Trinajstić information content (AvgIpc) is 3.27. The number of carbonyl (C=O) groups is 1. The minimum atomic E-state index is -0.130. The summed E-state index contributed by atoms with van der Waals surface area (Å²) in [7, 11) is 0. The van der Waals surface area contributed by atoms with Crippen molar-refractivity contribution in [3.8, 4) is 11.5 Å². The van der Waals surface area contributed by atoms with Crippen molar-refractivity contribution in [3.05, 3.63) is 23.8 Å². The molecule has 2 amide bonds. The molecule has 3 aliphatic heterocycles. The number of ether oxygens (including phenoxy) is 3. The molecule has 0 saturated carbocycles. The summed E-state index contributed by atoms with van der Waals surface area (Å²) in [5.74, 6) is 1.47. The molecule has 0 radical (unpaired) electrons. The second-order valence-corrected chi connectivity index (χ2v) is 7.86. The molecule has 0 aliphatic carbocycles. The highest BCUT2D eigenvalue weighted by atomic mass is 16.7. The van der Waals surface area contributed by atoms with E-state index in [4.69, 9.17) is 19.3 Å². The second kappa shape index (κ2) is 6.46. The lowest BCUT2D eigenvalue weighted by molar-refractivity contribution is 0.0408. The second-order valence-electron chi connectivity index (χ2n) is 7.86. The Labute approximate surface area is 153 Å². The molecule has 140 valence electrons. The topological polar surface area (TPSA) is 63.6 Å². The minimum Gasteiger partial charge on any atom is -0.454 e. The van der Waals surface area contributed by atoms with E-state index in [-0.39, 0.29) is 24.3 Å². The van der Waals surface area contributed by atoms with Crippen LogP contribution in [0.15, 0.2) is 23.3 Å². The standard InChI is InChI=1S/C19H25N3O4/c1-19(2,3)17-11-14(13-4-5-15-16(10-13)26-12-25-15)22(20-17)18(23)21-6-8-24-9-7-21/h4-5,10,14H,6-9,11-12H2,1-3H3. The number of fused-ring (bicyclic) bond motifs is 1. The number of amides is 2. The van der Waals surface area contributed by atoms with Crippen molar-refractivity contribution in [2.24, 2.45) is 10.5 Å². The quantitative estimate of drug-likeness (QED) is 0.773. The molecule has 1 aromatic rings. The van der Waals surface area contributed by atoms with Crippen molar-refractivity contribution in [2.45, 2.75) is 33.2 Å². The molecule has 0 aromatic heterocycles. The highest BCUT2D eigenvalue weighted by Gasteiger charge is 2.39. The first kappa shape index (κ1) is 17.1. The van der Waals surface area contributed by atoms with Gasteiger partial charge in [-0.2, -0.15) is 5.10 Å². The van der Waals surface area contributed by atoms with Gasteiger partial charge in [-0.15, -0.1) is 0 Å². The van der Waals surface area contributed by atoms with Crippen LogP contribution in [0.3, 0.4) is 0 Å². The molecule has 1 unspecified atom stereocenters. The van der Waals surface area contributed by atoms with E-state index in [9.17, 15) is 4.79 Å². The van der Waals surface area contributed by atoms with E-state index in [1.165, 1.54) is 0 Å². The summed E-state index contributed by atoms with van der Waals surface area (Å²) in [6, 6.07) is 5.68. The smallest absolute Gasteiger partial charge is 0.341 e. The van der Waals surface area contributed by atoms with Crippen molar-refractivity contribution >= 4 is 11.7 Å². The van der Waals surface area contributed by atoms with Gasteiger partial charge in [0.1, 0.15) is 0 Å². The molecule has 0 N–H and O–H groups in total. The molecular formula is C19H25N3O4. The predicted molar refractivity (Wildman–Crippen MR) is 96.4 cm³/mol. The Bertz CT molecular complexity index is 735. The highest BCUT2D eigenvalue weighted by Crippen LogP contribution is 2.41. The zero-order valence-electron chi connectivity index (χ0n) is 15.5. The number of hydrogen-bond donors (Lipinski definition) is 0. The molecule has 7 nitrogen and oxygen atoms in total.